The van der Waals surface area contributed by atoms with E-state index in [9.17, 15) is 13.2 Å². The van der Waals surface area contributed by atoms with Gasteiger partial charge in [0.25, 0.3) is 5.91 Å². The van der Waals surface area contributed by atoms with E-state index in [0.29, 0.717) is 35.9 Å². The van der Waals surface area contributed by atoms with Gasteiger partial charge in [-0.25, -0.2) is 8.42 Å². The van der Waals surface area contributed by atoms with Gasteiger partial charge in [-0.3, -0.25) is 4.79 Å². The lowest BCUT2D eigenvalue weighted by atomic mass is 10.0. The van der Waals surface area contributed by atoms with Gasteiger partial charge in [-0.05, 0) is 80.1 Å². The molecule has 1 fully saturated rings. The highest BCUT2D eigenvalue weighted by Gasteiger charge is 2.28. The van der Waals surface area contributed by atoms with Gasteiger partial charge in [0.2, 0.25) is 10.0 Å². The first-order valence-corrected chi connectivity index (χ1v) is 13.2. The van der Waals surface area contributed by atoms with E-state index in [1.807, 2.05) is 18.4 Å². The standard InChI is InChI=1S/C25H27N3O3S2/c1-5-12-28-22-15-18(3)19(4)16-23(22)32-25(28)26-24(29)20-6-8-21(9-7-20)33(30,31)27-13-10-17(2)11-14-27/h1,6-9,15-17H,10-14H2,2-4H3. The summed E-state index contributed by atoms with van der Waals surface area (Å²) < 4.78 is 30.3. The molecule has 0 atom stereocenters. The number of carbonyl (C=O) groups is 1. The quantitative estimate of drug-likeness (QED) is 0.527. The Balaban J connectivity index is 1.65. The molecule has 172 valence electrons. The van der Waals surface area contributed by atoms with Crippen LogP contribution >= 0.6 is 11.3 Å². The fourth-order valence-electron chi connectivity index (χ4n) is 3.95. The first kappa shape index (κ1) is 23.4. The van der Waals surface area contributed by atoms with Gasteiger partial charge in [-0.15, -0.1) is 6.42 Å². The molecule has 8 heteroatoms. The molecular weight excluding hydrogens is 454 g/mol. The Morgan fingerprint density at radius 2 is 1.79 bits per heavy atom. The van der Waals surface area contributed by atoms with E-state index in [0.717, 1.165) is 34.2 Å². The molecule has 0 saturated carbocycles. The predicted octanol–water partition coefficient (Wildman–Crippen LogP) is 4.11. The SMILES string of the molecule is C#CCn1c(=NC(=O)c2ccc(S(=O)(=O)N3CCC(C)CC3)cc2)sc2cc(C)c(C)cc21. The summed E-state index contributed by atoms with van der Waals surface area (Å²) in [6, 6.07) is 10.2. The molecule has 6 nitrogen and oxygen atoms in total. The van der Waals surface area contributed by atoms with Gasteiger partial charge >= 0.3 is 0 Å². The van der Waals surface area contributed by atoms with Crippen LogP contribution in [0.15, 0.2) is 46.3 Å². The summed E-state index contributed by atoms with van der Waals surface area (Å²) in [4.78, 5) is 17.9. The topological polar surface area (TPSA) is 71.7 Å². The number of amides is 1. The number of hydrogen-bond acceptors (Lipinski definition) is 4. The van der Waals surface area contributed by atoms with Gasteiger partial charge in [0.15, 0.2) is 4.80 Å². The number of aromatic nitrogens is 1. The molecule has 2 heterocycles. The van der Waals surface area contributed by atoms with Crippen molar-refractivity contribution in [1.82, 2.24) is 8.87 Å². The van der Waals surface area contributed by atoms with Crippen LogP contribution in [0.25, 0.3) is 10.2 Å². The molecule has 0 radical (unpaired) electrons. The van der Waals surface area contributed by atoms with Gasteiger partial charge in [0, 0.05) is 18.7 Å². The van der Waals surface area contributed by atoms with Crippen molar-refractivity contribution in [1.29, 1.82) is 0 Å². The molecule has 33 heavy (non-hydrogen) atoms. The number of piperidine rings is 1. The fraction of sp³-hybridized carbons (Fsp3) is 0.360. The van der Waals surface area contributed by atoms with E-state index in [2.05, 4.69) is 30.0 Å². The number of aryl methyl sites for hydroxylation is 2. The maximum absolute atomic E-state index is 12.9. The Morgan fingerprint density at radius 3 is 2.42 bits per heavy atom. The van der Waals surface area contributed by atoms with Crippen LogP contribution in [0.4, 0.5) is 0 Å². The number of fused-ring (bicyclic) bond motifs is 1. The molecule has 1 aliphatic heterocycles. The summed E-state index contributed by atoms with van der Waals surface area (Å²) in [5.41, 5.74) is 3.58. The van der Waals surface area contributed by atoms with Crippen LogP contribution in [0, 0.1) is 32.1 Å². The van der Waals surface area contributed by atoms with E-state index in [4.69, 9.17) is 6.42 Å². The Kier molecular flexibility index (Phi) is 6.57. The monoisotopic (exact) mass is 481 g/mol. The minimum absolute atomic E-state index is 0.198. The molecule has 0 aliphatic carbocycles. The Hall–Kier alpha value is -2.73. The number of hydrogen-bond donors (Lipinski definition) is 0. The molecule has 1 aromatic heterocycles. The largest absolute Gasteiger partial charge is 0.305 e. The number of benzene rings is 2. The van der Waals surface area contributed by atoms with Crippen molar-refractivity contribution in [3.8, 4) is 12.3 Å². The number of nitrogens with zero attached hydrogens (tertiary/aromatic N) is 3. The molecule has 0 bridgehead atoms. The zero-order valence-electron chi connectivity index (χ0n) is 19.0. The summed E-state index contributed by atoms with van der Waals surface area (Å²) in [7, 11) is -3.56. The van der Waals surface area contributed by atoms with Crippen molar-refractivity contribution >= 4 is 37.5 Å². The summed E-state index contributed by atoms with van der Waals surface area (Å²) in [5, 5.41) is 0. The summed E-state index contributed by atoms with van der Waals surface area (Å²) in [6.45, 7) is 7.58. The maximum Gasteiger partial charge on any atom is 0.279 e. The summed E-state index contributed by atoms with van der Waals surface area (Å²) in [5.74, 6) is 2.74. The first-order valence-electron chi connectivity index (χ1n) is 10.9. The highest BCUT2D eigenvalue weighted by atomic mass is 32.2. The molecule has 1 aliphatic rings. The number of sulfonamides is 1. The number of rotatable bonds is 4. The molecule has 2 aromatic carbocycles. The van der Waals surface area contributed by atoms with Crippen molar-refractivity contribution in [3.63, 3.8) is 0 Å². The van der Waals surface area contributed by atoms with Gasteiger partial charge in [-0.2, -0.15) is 9.30 Å². The van der Waals surface area contributed by atoms with E-state index in [-0.39, 0.29) is 4.90 Å². The molecule has 1 amide bonds. The van der Waals surface area contributed by atoms with Crippen LogP contribution in [0.2, 0.25) is 0 Å². The van der Waals surface area contributed by atoms with E-state index >= 15 is 0 Å². The molecule has 1 saturated heterocycles. The average Bonchev–Trinajstić information content (AvgIpc) is 3.10. The van der Waals surface area contributed by atoms with Gasteiger partial charge in [-0.1, -0.05) is 24.2 Å². The van der Waals surface area contributed by atoms with Crippen LogP contribution in [-0.4, -0.2) is 36.3 Å². The van der Waals surface area contributed by atoms with Crippen LogP contribution in [0.5, 0.6) is 0 Å². The highest BCUT2D eigenvalue weighted by Crippen LogP contribution is 2.24. The summed E-state index contributed by atoms with van der Waals surface area (Å²) in [6.07, 6.45) is 7.29. The normalized spacial score (nSPS) is 16.2. The third-order valence-corrected chi connectivity index (χ3v) is 9.18. The Bertz CT molecular complexity index is 1420. The smallest absolute Gasteiger partial charge is 0.279 e. The predicted molar refractivity (Wildman–Crippen MR) is 132 cm³/mol. The van der Waals surface area contributed by atoms with E-state index in [1.165, 1.54) is 39.9 Å². The van der Waals surface area contributed by atoms with Crippen molar-refractivity contribution in [3.05, 3.63) is 57.9 Å². The number of carbonyl (C=O) groups excluding carboxylic acids is 1. The maximum atomic E-state index is 12.9. The third kappa shape index (κ3) is 4.67. The molecule has 0 spiro atoms. The third-order valence-electron chi connectivity index (χ3n) is 6.23. The van der Waals surface area contributed by atoms with Gasteiger partial charge < -0.3 is 4.57 Å². The lowest BCUT2D eigenvalue weighted by molar-refractivity contribution is 0.0998. The molecule has 4 rings (SSSR count). The van der Waals surface area contributed by atoms with Crippen molar-refractivity contribution in [2.45, 2.75) is 45.1 Å². The van der Waals surface area contributed by atoms with E-state index in [1.54, 1.807) is 0 Å². The number of terminal acetylenes is 1. The summed E-state index contributed by atoms with van der Waals surface area (Å²) >= 11 is 1.41. The molecule has 0 N–H and O–H groups in total. The zero-order valence-corrected chi connectivity index (χ0v) is 20.7. The minimum Gasteiger partial charge on any atom is -0.305 e. The second-order valence-electron chi connectivity index (χ2n) is 8.61. The average molecular weight is 482 g/mol. The van der Waals surface area contributed by atoms with Crippen molar-refractivity contribution in [2.75, 3.05) is 13.1 Å². The molecule has 3 aromatic rings. The molecular formula is C25H27N3O3S2. The second kappa shape index (κ2) is 9.26. The zero-order chi connectivity index (χ0) is 23.8. The van der Waals surface area contributed by atoms with Gasteiger partial charge in [0.05, 0.1) is 21.7 Å². The number of thiazole rings is 1. The fourth-order valence-corrected chi connectivity index (χ4v) is 6.52. The van der Waals surface area contributed by atoms with Crippen LogP contribution in [-0.2, 0) is 16.6 Å². The lowest BCUT2D eigenvalue weighted by Gasteiger charge is -2.29. The first-order chi connectivity index (χ1) is 15.7. The minimum atomic E-state index is -3.56. The van der Waals surface area contributed by atoms with E-state index < -0.39 is 15.9 Å². The van der Waals surface area contributed by atoms with Crippen LogP contribution in [0.1, 0.15) is 41.3 Å². The van der Waals surface area contributed by atoms with Crippen molar-refractivity contribution < 1.29 is 13.2 Å². The highest BCUT2D eigenvalue weighted by molar-refractivity contribution is 7.89. The van der Waals surface area contributed by atoms with Crippen LogP contribution in [0.3, 0.4) is 0 Å². The Morgan fingerprint density at radius 1 is 1.15 bits per heavy atom. The van der Waals surface area contributed by atoms with Crippen molar-refractivity contribution in [2.24, 2.45) is 10.9 Å². The molecule has 0 unspecified atom stereocenters. The second-order valence-corrected chi connectivity index (χ2v) is 11.6. The lowest BCUT2D eigenvalue weighted by Crippen LogP contribution is -2.37. The van der Waals surface area contributed by atoms with Crippen LogP contribution < -0.4 is 4.80 Å². The van der Waals surface area contributed by atoms with Gasteiger partial charge in [0.1, 0.15) is 0 Å². The Labute approximate surface area is 198 Å².